The van der Waals surface area contributed by atoms with E-state index < -0.39 is 5.97 Å². The van der Waals surface area contributed by atoms with Crippen molar-refractivity contribution in [3.05, 3.63) is 34.9 Å². The summed E-state index contributed by atoms with van der Waals surface area (Å²) in [6, 6.07) is 0. The van der Waals surface area contributed by atoms with E-state index in [1.165, 1.54) is 56.6 Å². The van der Waals surface area contributed by atoms with Gasteiger partial charge < -0.3 is 5.11 Å². The molecule has 23 heavy (non-hydrogen) atoms. The molecule has 2 saturated carbocycles. The van der Waals surface area contributed by atoms with E-state index in [9.17, 15) is 9.90 Å². The van der Waals surface area contributed by atoms with Crippen LogP contribution in [-0.4, -0.2) is 11.1 Å². The molecule has 0 radical (unpaired) electrons. The van der Waals surface area contributed by atoms with Crippen molar-refractivity contribution in [2.75, 3.05) is 0 Å². The van der Waals surface area contributed by atoms with Gasteiger partial charge in [0.2, 0.25) is 0 Å². The van der Waals surface area contributed by atoms with Gasteiger partial charge in [0, 0.05) is 11.5 Å². The molecular weight excluding hydrogens is 284 g/mol. The van der Waals surface area contributed by atoms with Crippen LogP contribution >= 0.6 is 0 Å². The van der Waals surface area contributed by atoms with Gasteiger partial charge in [0.1, 0.15) is 0 Å². The van der Waals surface area contributed by atoms with E-state index in [1.54, 1.807) is 5.57 Å². The standard InChI is InChI=1S/C21H28O2/c1-20-11-4-3-5-14(20)6-8-16-17-9-7-15(13-19(22)23)21(17,2)12-10-18(16)20/h7,9,13-14,18H,3-6,8,10-12H2,1-2H3,(H,22,23)/t14?,18-,20-,21+/m0/s1. The monoisotopic (exact) mass is 312 g/mol. The maximum absolute atomic E-state index is 11.2. The molecule has 4 aliphatic rings. The van der Waals surface area contributed by atoms with Crippen LogP contribution in [0.2, 0.25) is 0 Å². The predicted octanol–water partition coefficient (Wildman–Crippen LogP) is 5.27. The first-order chi connectivity index (χ1) is 10.9. The molecule has 0 spiro atoms. The van der Waals surface area contributed by atoms with Gasteiger partial charge in [-0.15, -0.1) is 0 Å². The van der Waals surface area contributed by atoms with E-state index in [0.29, 0.717) is 5.41 Å². The number of carboxylic acids is 1. The molecule has 1 N–H and O–H groups in total. The number of aliphatic carboxylic acids is 1. The highest BCUT2D eigenvalue weighted by Gasteiger charge is 2.52. The molecule has 0 saturated heterocycles. The zero-order chi connectivity index (χ0) is 16.2. The molecule has 4 aliphatic carbocycles. The molecule has 0 bridgehead atoms. The van der Waals surface area contributed by atoms with Crippen molar-refractivity contribution >= 4 is 5.97 Å². The van der Waals surface area contributed by atoms with Crippen LogP contribution < -0.4 is 0 Å². The molecule has 2 nitrogen and oxygen atoms in total. The van der Waals surface area contributed by atoms with Crippen molar-refractivity contribution < 1.29 is 9.90 Å². The van der Waals surface area contributed by atoms with Crippen molar-refractivity contribution in [1.29, 1.82) is 0 Å². The van der Waals surface area contributed by atoms with Gasteiger partial charge in [-0.1, -0.05) is 44.4 Å². The summed E-state index contributed by atoms with van der Waals surface area (Å²) in [6.45, 7) is 4.81. The van der Waals surface area contributed by atoms with E-state index in [1.807, 2.05) is 0 Å². The van der Waals surface area contributed by atoms with Crippen LogP contribution in [0.15, 0.2) is 34.9 Å². The van der Waals surface area contributed by atoms with E-state index in [0.717, 1.165) is 23.8 Å². The Morgan fingerprint density at radius 1 is 1.17 bits per heavy atom. The van der Waals surface area contributed by atoms with Gasteiger partial charge in [0.25, 0.3) is 0 Å². The highest BCUT2D eigenvalue weighted by Crippen LogP contribution is 2.63. The Balaban J connectivity index is 1.76. The number of rotatable bonds is 1. The number of carboxylic acid groups (broad SMARTS) is 1. The molecule has 0 aromatic carbocycles. The van der Waals surface area contributed by atoms with Gasteiger partial charge in [0.05, 0.1) is 0 Å². The van der Waals surface area contributed by atoms with Crippen molar-refractivity contribution in [3.63, 3.8) is 0 Å². The first-order valence-corrected chi connectivity index (χ1v) is 9.32. The predicted molar refractivity (Wildman–Crippen MR) is 92.0 cm³/mol. The van der Waals surface area contributed by atoms with Crippen molar-refractivity contribution in [2.24, 2.45) is 22.7 Å². The molecular formula is C21H28O2. The Kier molecular flexibility index (Phi) is 3.37. The fourth-order valence-corrected chi connectivity index (χ4v) is 6.30. The summed E-state index contributed by atoms with van der Waals surface area (Å²) >= 11 is 0. The summed E-state index contributed by atoms with van der Waals surface area (Å²) in [4.78, 5) is 11.2. The molecule has 4 atom stereocenters. The van der Waals surface area contributed by atoms with Crippen molar-refractivity contribution in [1.82, 2.24) is 0 Å². The smallest absolute Gasteiger partial charge is 0.328 e. The Labute approximate surface area is 139 Å². The summed E-state index contributed by atoms with van der Waals surface area (Å²) in [5, 5.41) is 9.18. The highest BCUT2D eigenvalue weighted by atomic mass is 16.4. The van der Waals surface area contributed by atoms with Gasteiger partial charge in [-0.2, -0.15) is 0 Å². The molecule has 124 valence electrons. The van der Waals surface area contributed by atoms with Gasteiger partial charge in [-0.3, -0.25) is 0 Å². The second-order valence-corrected chi connectivity index (χ2v) is 8.62. The molecule has 2 fully saturated rings. The van der Waals surface area contributed by atoms with Crippen LogP contribution in [0.1, 0.15) is 65.2 Å². The zero-order valence-corrected chi connectivity index (χ0v) is 14.4. The number of carbonyl (C=O) groups is 1. The lowest BCUT2D eigenvalue weighted by Gasteiger charge is -2.55. The number of allylic oxidation sites excluding steroid dienone is 5. The van der Waals surface area contributed by atoms with E-state index >= 15 is 0 Å². The Morgan fingerprint density at radius 3 is 2.78 bits per heavy atom. The fraction of sp³-hybridized carbons (Fsp3) is 0.667. The first-order valence-electron chi connectivity index (χ1n) is 9.32. The highest BCUT2D eigenvalue weighted by molar-refractivity contribution is 5.82. The van der Waals surface area contributed by atoms with Gasteiger partial charge >= 0.3 is 5.97 Å². The topological polar surface area (TPSA) is 37.3 Å². The molecule has 4 rings (SSSR count). The van der Waals surface area contributed by atoms with Gasteiger partial charge in [-0.05, 0) is 66.9 Å². The molecule has 2 heteroatoms. The summed E-state index contributed by atoms with van der Waals surface area (Å²) in [5.74, 6) is 0.829. The maximum Gasteiger partial charge on any atom is 0.328 e. The quantitative estimate of drug-likeness (QED) is 0.670. The summed E-state index contributed by atoms with van der Waals surface area (Å²) < 4.78 is 0. The van der Waals surface area contributed by atoms with Gasteiger partial charge in [-0.25, -0.2) is 4.79 Å². The lowest BCUT2D eigenvalue weighted by molar-refractivity contribution is -0.131. The Bertz CT molecular complexity index is 638. The lowest BCUT2D eigenvalue weighted by Crippen LogP contribution is -2.45. The molecule has 0 aliphatic heterocycles. The second-order valence-electron chi connectivity index (χ2n) is 8.62. The maximum atomic E-state index is 11.2. The minimum Gasteiger partial charge on any atom is -0.478 e. The van der Waals surface area contributed by atoms with Crippen LogP contribution in [-0.2, 0) is 4.79 Å². The SMILES string of the molecule is C[C@]12CC[C@H]3C(=C1C=CC2=CC(=O)O)CCC1CCCC[C@@]13C. The van der Waals surface area contributed by atoms with E-state index in [4.69, 9.17) is 0 Å². The van der Waals surface area contributed by atoms with Crippen LogP contribution in [0.4, 0.5) is 0 Å². The molecule has 0 heterocycles. The molecule has 1 unspecified atom stereocenters. The Hall–Kier alpha value is -1.31. The molecule has 0 amide bonds. The summed E-state index contributed by atoms with van der Waals surface area (Å²) in [7, 11) is 0. The van der Waals surface area contributed by atoms with Crippen LogP contribution in [0.3, 0.4) is 0 Å². The van der Waals surface area contributed by atoms with Crippen LogP contribution in [0.25, 0.3) is 0 Å². The lowest BCUT2D eigenvalue weighted by atomic mass is 9.49. The van der Waals surface area contributed by atoms with Gasteiger partial charge in [0.15, 0.2) is 0 Å². The third kappa shape index (κ3) is 2.10. The number of hydrogen-bond acceptors (Lipinski definition) is 1. The average molecular weight is 312 g/mol. The second kappa shape index (κ2) is 5.09. The number of fused-ring (bicyclic) bond motifs is 4. The fourth-order valence-electron chi connectivity index (χ4n) is 6.30. The normalized spacial score (nSPS) is 44.0. The molecule has 0 aromatic rings. The largest absolute Gasteiger partial charge is 0.478 e. The molecule has 0 aromatic heterocycles. The zero-order valence-electron chi connectivity index (χ0n) is 14.4. The summed E-state index contributed by atoms with van der Waals surface area (Å²) in [6.07, 6.45) is 16.3. The van der Waals surface area contributed by atoms with E-state index in [-0.39, 0.29) is 5.41 Å². The third-order valence-electron chi connectivity index (χ3n) is 7.65. The Morgan fingerprint density at radius 2 is 2.00 bits per heavy atom. The minimum atomic E-state index is -0.817. The first kappa shape index (κ1) is 15.2. The van der Waals surface area contributed by atoms with Crippen LogP contribution in [0, 0.1) is 22.7 Å². The average Bonchev–Trinajstić information content (AvgIpc) is 2.83. The number of hydrogen-bond donors (Lipinski definition) is 1. The van der Waals surface area contributed by atoms with E-state index in [2.05, 4.69) is 26.0 Å². The third-order valence-corrected chi connectivity index (χ3v) is 7.65. The van der Waals surface area contributed by atoms with Crippen LogP contribution in [0.5, 0.6) is 0 Å². The van der Waals surface area contributed by atoms with Crippen molar-refractivity contribution in [3.8, 4) is 0 Å². The summed E-state index contributed by atoms with van der Waals surface area (Å²) in [5.41, 5.74) is 4.58. The van der Waals surface area contributed by atoms with Crippen molar-refractivity contribution in [2.45, 2.75) is 65.2 Å². The minimum absolute atomic E-state index is 0.0535.